The molecule has 1 aromatic rings. The highest BCUT2D eigenvalue weighted by molar-refractivity contribution is 7.84. The molecule has 1 aromatic heterocycles. The number of methoxy groups -OCH3 is 1. The lowest BCUT2D eigenvalue weighted by molar-refractivity contribution is 0.414. The summed E-state index contributed by atoms with van der Waals surface area (Å²) >= 11 is 0. The first-order chi connectivity index (χ1) is 8.72. The average molecular weight is 272 g/mol. The summed E-state index contributed by atoms with van der Waals surface area (Å²) in [6.07, 6.45) is 1.47. The van der Waals surface area contributed by atoms with E-state index in [1.54, 1.807) is 7.11 Å². The Balaban J connectivity index is 2.69. The summed E-state index contributed by atoms with van der Waals surface area (Å²) in [6, 6.07) is 0. The summed E-state index contributed by atoms with van der Waals surface area (Å²) in [4.78, 5) is 8.24. The van der Waals surface area contributed by atoms with Crippen molar-refractivity contribution < 1.29 is 8.95 Å². The fraction of sp³-hybridized carbons (Fsp3) is 0.636. The number of hydrogen-bond acceptors (Lipinski definition) is 6. The molecule has 0 aliphatic carbocycles. The molecular formula is C11H20N4O2S. The van der Waals surface area contributed by atoms with Gasteiger partial charge in [0.15, 0.2) is 11.6 Å². The van der Waals surface area contributed by atoms with Gasteiger partial charge in [0.05, 0.1) is 7.11 Å². The zero-order chi connectivity index (χ0) is 13.4. The van der Waals surface area contributed by atoms with Gasteiger partial charge in [-0.05, 0) is 6.92 Å². The van der Waals surface area contributed by atoms with Gasteiger partial charge in [-0.15, -0.1) is 0 Å². The van der Waals surface area contributed by atoms with Crippen LogP contribution in [0.2, 0.25) is 0 Å². The van der Waals surface area contributed by atoms with Gasteiger partial charge in [-0.25, -0.2) is 9.97 Å². The van der Waals surface area contributed by atoms with Gasteiger partial charge in [0.2, 0.25) is 5.75 Å². The molecule has 7 heteroatoms. The van der Waals surface area contributed by atoms with E-state index in [-0.39, 0.29) is 0 Å². The summed E-state index contributed by atoms with van der Waals surface area (Å²) in [5, 5.41) is 6.22. The molecule has 0 aliphatic rings. The average Bonchev–Trinajstić information content (AvgIpc) is 2.39. The SMILES string of the molecule is CCNc1ncnc(NCCS(=O)CC)c1OC. The molecule has 1 unspecified atom stereocenters. The second-order valence-electron chi connectivity index (χ2n) is 3.49. The molecule has 0 amide bonds. The lowest BCUT2D eigenvalue weighted by atomic mass is 10.4. The molecule has 0 aliphatic heterocycles. The number of aromatic nitrogens is 2. The smallest absolute Gasteiger partial charge is 0.204 e. The van der Waals surface area contributed by atoms with E-state index in [4.69, 9.17) is 4.74 Å². The summed E-state index contributed by atoms with van der Waals surface area (Å²) in [5.74, 6) is 3.14. The maximum Gasteiger partial charge on any atom is 0.204 e. The Hall–Kier alpha value is -1.37. The lowest BCUT2D eigenvalue weighted by Gasteiger charge is -2.13. The van der Waals surface area contributed by atoms with Crippen LogP contribution in [0.3, 0.4) is 0 Å². The predicted molar refractivity (Wildman–Crippen MR) is 74.8 cm³/mol. The van der Waals surface area contributed by atoms with E-state index in [2.05, 4.69) is 20.6 Å². The van der Waals surface area contributed by atoms with Crippen molar-refractivity contribution in [1.29, 1.82) is 0 Å². The monoisotopic (exact) mass is 272 g/mol. The molecule has 1 rings (SSSR count). The molecule has 0 aromatic carbocycles. The quantitative estimate of drug-likeness (QED) is 0.738. The molecule has 2 N–H and O–H groups in total. The summed E-state index contributed by atoms with van der Waals surface area (Å²) in [7, 11) is 0.798. The van der Waals surface area contributed by atoms with Crippen LogP contribution in [0, 0.1) is 0 Å². The van der Waals surface area contributed by atoms with Gasteiger partial charge in [-0.1, -0.05) is 6.92 Å². The summed E-state index contributed by atoms with van der Waals surface area (Å²) < 4.78 is 16.6. The Morgan fingerprint density at radius 1 is 1.28 bits per heavy atom. The van der Waals surface area contributed by atoms with E-state index in [1.807, 2.05) is 13.8 Å². The van der Waals surface area contributed by atoms with Gasteiger partial charge in [0, 0.05) is 35.4 Å². The normalized spacial score (nSPS) is 11.9. The standard InChI is InChI=1S/C11H20N4O2S/c1-4-12-10-9(17-3)11(15-8-14-10)13-6-7-18(16)5-2/h8H,4-7H2,1-3H3,(H2,12,13,14,15). The third kappa shape index (κ3) is 4.14. The third-order valence-corrected chi connectivity index (χ3v) is 3.60. The minimum Gasteiger partial charge on any atom is -0.490 e. The molecule has 18 heavy (non-hydrogen) atoms. The fourth-order valence-electron chi connectivity index (χ4n) is 1.41. The van der Waals surface area contributed by atoms with E-state index in [0.29, 0.717) is 35.4 Å². The highest BCUT2D eigenvalue weighted by Crippen LogP contribution is 2.28. The first kappa shape index (κ1) is 14.7. The van der Waals surface area contributed by atoms with E-state index >= 15 is 0 Å². The number of anilines is 2. The molecule has 0 saturated heterocycles. The Labute approximate surface area is 110 Å². The van der Waals surface area contributed by atoms with Crippen molar-refractivity contribution in [2.45, 2.75) is 13.8 Å². The maximum atomic E-state index is 11.3. The van der Waals surface area contributed by atoms with E-state index < -0.39 is 10.8 Å². The van der Waals surface area contributed by atoms with E-state index in [0.717, 1.165) is 6.54 Å². The Morgan fingerprint density at radius 3 is 2.50 bits per heavy atom. The van der Waals surface area contributed by atoms with Gasteiger partial charge >= 0.3 is 0 Å². The minimum absolute atomic E-state index is 0.585. The Morgan fingerprint density at radius 2 is 1.94 bits per heavy atom. The molecule has 6 nitrogen and oxygen atoms in total. The number of nitrogens with zero attached hydrogens (tertiary/aromatic N) is 2. The van der Waals surface area contributed by atoms with Crippen molar-refractivity contribution in [3.63, 3.8) is 0 Å². The zero-order valence-electron chi connectivity index (χ0n) is 11.0. The van der Waals surface area contributed by atoms with Gasteiger partial charge in [0.1, 0.15) is 6.33 Å². The molecule has 0 radical (unpaired) electrons. The van der Waals surface area contributed by atoms with Crippen molar-refractivity contribution in [3.8, 4) is 5.75 Å². The first-order valence-electron chi connectivity index (χ1n) is 5.94. The number of ether oxygens (including phenoxy) is 1. The van der Waals surface area contributed by atoms with Crippen LogP contribution in [0.15, 0.2) is 6.33 Å². The highest BCUT2D eigenvalue weighted by atomic mass is 32.2. The van der Waals surface area contributed by atoms with Crippen LogP contribution in [0.4, 0.5) is 11.6 Å². The molecule has 102 valence electrons. The summed E-state index contributed by atoms with van der Waals surface area (Å²) in [6.45, 7) is 5.25. The van der Waals surface area contributed by atoms with Crippen molar-refractivity contribution >= 4 is 22.4 Å². The maximum absolute atomic E-state index is 11.3. The highest BCUT2D eigenvalue weighted by Gasteiger charge is 2.11. The number of hydrogen-bond donors (Lipinski definition) is 2. The topological polar surface area (TPSA) is 76.1 Å². The van der Waals surface area contributed by atoms with Crippen LogP contribution in [-0.4, -0.2) is 45.9 Å². The van der Waals surface area contributed by atoms with Gasteiger partial charge < -0.3 is 15.4 Å². The number of nitrogens with one attached hydrogen (secondary N) is 2. The van der Waals surface area contributed by atoms with Crippen molar-refractivity contribution in [3.05, 3.63) is 6.33 Å². The molecule has 1 heterocycles. The Bertz CT molecular complexity index is 401. The van der Waals surface area contributed by atoms with Crippen molar-refractivity contribution in [1.82, 2.24) is 9.97 Å². The van der Waals surface area contributed by atoms with Gasteiger partial charge in [-0.2, -0.15) is 0 Å². The molecule has 0 saturated carbocycles. The second kappa shape index (κ2) is 7.86. The molecular weight excluding hydrogens is 252 g/mol. The lowest BCUT2D eigenvalue weighted by Crippen LogP contribution is -2.14. The molecule has 0 fully saturated rings. The van der Waals surface area contributed by atoms with Crippen LogP contribution in [-0.2, 0) is 10.8 Å². The largest absolute Gasteiger partial charge is 0.490 e. The van der Waals surface area contributed by atoms with Crippen molar-refractivity contribution in [2.24, 2.45) is 0 Å². The third-order valence-electron chi connectivity index (χ3n) is 2.30. The molecule has 0 bridgehead atoms. The second-order valence-corrected chi connectivity index (χ2v) is 5.36. The fourth-order valence-corrected chi connectivity index (χ4v) is 2.03. The van der Waals surface area contributed by atoms with Crippen molar-refractivity contribution in [2.75, 3.05) is 42.3 Å². The van der Waals surface area contributed by atoms with Crippen LogP contribution in [0.25, 0.3) is 0 Å². The zero-order valence-corrected chi connectivity index (χ0v) is 11.8. The number of rotatable bonds is 8. The van der Waals surface area contributed by atoms with Gasteiger partial charge in [-0.3, -0.25) is 4.21 Å². The van der Waals surface area contributed by atoms with Crippen LogP contribution >= 0.6 is 0 Å². The Kier molecular flexibility index (Phi) is 6.42. The van der Waals surface area contributed by atoms with Crippen LogP contribution in [0.5, 0.6) is 5.75 Å². The molecule has 0 spiro atoms. The molecule has 1 atom stereocenters. The van der Waals surface area contributed by atoms with E-state index in [1.165, 1.54) is 6.33 Å². The first-order valence-corrected chi connectivity index (χ1v) is 7.43. The van der Waals surface area contributed by atoms with Crippen LogP contribution < -0.4 is 15.4 Å². The van der Waals surface area contributed by atoms with E-state index in [9.17, 15) is 4.21 Å². The van der Waals surface area contributed by atoms with Crippen LogP contribution in [0.1, 0.15) is 13.8 Å². The predicted octanol–water partition coefficient (Wildman–Crippen LogP) is 1.10. The van der Waals surface area contributed by atoms with Gasteiger partial charge in [0.25, 0.3) is 0 Å². The summed E-state index contributed by atoms with van der Waals surface area (Å²) in [5.41, 5.74) is 0. The minimum atomic E-state index is -0.780.